The zero-order valence-corrected chi connectivity index (χ0v) is 17.3. The lowest BCUT2D eigenvalue weighted by Crippen LogP contribution is -2.27. The van der Waals surface area contributed by atoms with Gasteiger partial charge in [0.2, 0.25) is 0 Å². The summed E-state index contributed by atoms with van der Waals surface area (Å²) in [6.07, 6.45) is -0.726. The largest absolute Gasteiger partial charge is 0.462 e. The van der Waals surface area contributed by atoms with Crippen LogP contribution in [-0.4, -0.2) is 36.8 Å². The molecule has 0 saturated carbocycles. The SMILES string of the molecule is CCOC(=O)c1sc(NC(=O)OC(C)(C)C)c(C(=O)OCC)c1CBr. The molecule has 1 N–H and O–H groups in total. The Morgan fingerprint density at radius 1 is 1.08 bits per heavy atom. The number of nitrogens with one attached hydrogen (secondary N) is 1. The van der Waals surface area contributed by atoms with Gasteiger partial charge in [0.15, 0.2) is 0 Å². The molecule has 0 aliphatic rings. The third kappa shape index (κ3) is 6.00. The van der Waals surface area contributed by atoms with Crippen molar-refractivity contribution < 1.29 is 28.6 Å². The van der Waals surface area contributed by atoms with E-state index in [0.717, 1.165) is 11.3 Å². The number of amides is 1. The number of carbonyl (C=O) groups is 3. The van der Waals surface area contributed by atoms with E-state index in [1.165, 1.54) is 0 Å². The van der Waals surface area contributed by atoms with Crippen molar-refractivity contribution in [1.29, 1.82) is 0 Å². The Morgan fingerprint density at radius 2 is 1.64 bits per heavy atom. The molecule has 0 unspecified atom stereocenters. The topological polar surface area (TPSA) is 90.9 Å². The summed E-state index contributed by atoms with van der Waals surface area (Å²) >= 11 is 4.22. The van der Waals surface area contributed by atoms with E-state index >= 15 is 0 Å². The van der Waals surface area contributed by atoms with E-state index in [1.807, 2.05) is 0 Å². The van der Waals surface area contributed by atoms with Crippen LogP contribution in [0.1, 0.15) is 60.2 Å². The van der Waals surface area contributed by atoms with Gasteiger partial charge in [-0.1, -0.05) is 15.9 Å². The first-order valence-electron chi connectivity index (χ1n) is 7.70. The molecule has 0 bridgehead atoms. The Labute approximate surface area is 159 Å². The monoisotopic (exact) mass is 435 g/mol. The fourth-order valence-corrected chi connectivity index (χ4v) is 3.69. The molecule has 1 heterocycles. The van der Waals surface area contributed by atoms with Gasteiger partial charge in [-0.2, -0.15) is 0 Å². The molecule has 25 heavy (non-hydrogen) atoms. The number of hydrogen-bond donors (Lipinski definition) is 1. The van der Waals surface area contributed by atoms with Crippen molar-refractivity contribution in [2.24, 2.45) is 0 Å². The Bertz CT molecular complexity index is 650. The number of carbonyl (C=O) groups excluding carboxylic acids is 3. The smallest absolute Gasteiger partial charge is 0.412 e. The number of ether oxygens (including phenoxy) is 3. The van der Waals surface area contributed by atoms with E-state index in [4.69, 9.17) is 14.2 Å². The van der Waals surface area contributed by atoms with E-state index in [2.05, 4.69) is 21.2 Å². The van der Waals surface area contributed by atoms with Gasteiger partial charge in [0.1, 0.15) is 15.5 Å². The van der Waals surface area contributed by atoms with Crippen LogP contribution >= 0.6 is 27.3 Å². The highest BCUT2D eigenvalue weighted by molar-refractivity contribution is 9.08. The third-order valence-electron chi connectivity index (χ3n) is 2.70. The molecule has 0 saturated heterocycles. The second-order valence-electron chi connectivity index (χ2n) is 5.82. The number of thiophene rings is 1. The molecule has 1 rings (SSSR count). The van der Waals surface area contributed by atoms with Crippen molar-refractivity contribution in [2.75, 3.05) is 18.5 Å². The van der Waals surface area contributed by atoms with Crippen LogP contribution in [0.3, 0.4) is 0 Å². The average molecular weight is 436 g/mol. The van der Waals surface area contributed by atoms with Gasteiger partial charge in [0, 0.05) is 10.9 Å². The van der Waals surface area contributed by atoms with Crippen molar-refractivity contribution in [3.8, 4) is 0 Å². The molecular formula is C16H22BrNO6S. The van der Waals surface area contributed by atoms with Gasteiger partial charge in [-0.3, -0.25) is 5.32 Å². The van der Waals surface area contributed by atoms with Crippen molar-refractivity contribution >= 4 is 50.3 Å². The Kier molecular flexibility index (Phi) is 7.88. The number of hydrogen-bond acceptors (Lipinski definition) is 7. The summed E-state index contributed by atoms with van der Waals surface area (Å²) in [6.45, 7) is 8.89. The van der Waals surface area contributed by atoms with Gasteiger partial charge in [-0.05, 0) is 34.6 Å². The summed E-state index contributed by atoms with van der Waals surface area (Å²) in [5, 5.41) is 2.94. The molecule has 7 nitrogen and oxygen atoms in total. The molecule has 0 aliphatic heterocycles. The minimum Gasteiger partial charge on any atom is -0.462 e. The van der Waals surface area contributed by atoms with Gasteiger partial charge in [0.25, 0.3) is 0 Å². The summed E-state index contributed by atoms with van der Waals surface area (Å²) in [5.74, 6) is -1.19. The van der Waals surface area contributed by atoms with Crippen molar-refractivity contribution in [2.45, 2.75) is 45.5 Å². The molecule has 1 amide bonds. The number of rotatable bonds is 6. The summed E-state index contributed by atoms with van der Waals surface area (Å²) in [4.78, 5) is 36.8. The maximum atomic E-state index is 12.3. The predicted octanol–water partition coefficient (Wildman–Crippen LogP) is 4.34. The number of halogens is 1. The van der Waals surface area contributed by atoms with Gasteiger partial charge in [0.05, 0.1) is 18.8 Å². The van der Waals surface area contributed by atoms with E-state index in [-0.39, 0.29) is 34.0 Å². The first-order chi connectivity index (χ1) is 11.6. The van der Waals surface area contributed by atoms with E-state index < -0.39 is 23.6 Å². The first kappa shape index (κ1) is 21.4. The summed E-state index contributed by atoms with van der Waals surface area (Å²) in [5.41, 5.74) is -0.168. The Hall–Kier alpha value is -1.61. The quantitative estimate of drug-likeness (QED) is 0.405. The highest BCUT2D eigenvalue weighted by Crippen LogP contribution is 2.36. The number of esters is 2. The number of alkyl halides is 1. The van der Waals surface area contributed by atoms with Crippen LogP contribution < -0.4 is 5.32 Å². The fourth-order valence-electron chi connectivity index (χ4n) is 1.86. The minimum absolute atomic E-state index is 0.123. The lowest BCUT2D eigenvalue weighted by Gasteiger charge is -2.19. The molecule has 1 aromatic rings. The van der Waals surface area contributed by atoms with Gasteiger partial charge in [-0.15, -0.1) is 11.3 Å². The molecule has 140 valence electrons. The molecule has 0 atom stereocenters. The molecule has 1 aromatic heterocycles. The van der Waals surface area contributed by atoms with Crippen LogP contribution in [0, 0.1) is 0 Å². The first-order valence-corrected chi connectivity index (χ1v) is 9.64. The molecule has 0 spiro atoms. The maximum absolute atomic E-state index is 12.3. The molecule has 0 radical (unpaired) electrons. The van der Waals surface area contributed by atoms with Crippen molar-refractivity contribution in [3.05, 3.63) is 16.0 Å². The van der Waals surface area contributed by atoms with Crippen LogP contribution in [-0.2, 0) is 19.5 Å². The number of anilines is 1. The standard InChI is InChI=1S/C16H22BrNO6S/c1-6-22-13(19)10-9(8-17)11(14(20)23-7-2)25-12(10)18-15(21)24-16(3,4)5/h6-8H2,1-5H3,(H,18,21). The van der Waals surface area contributed by atoms with Crippen LogP contribution in [0.4, 0.5) is 9.80 Å². The van der Waals surface area contributed by atoms with E-state index in [1.54, 1.807) is 34.6 Å². The molecule has 0 aromatic carbocycles. The van der Waals surface area contributed by atoms with Gasteiger partial charge in [-0.25, -0.2) is 14.4 Å². The van der Waals surface area contributed by atoms with E-state index in [9.17, 15) is 14.4 Å². The second-order valence-corrected chi connectivity index (χ2v) is 7.40. The van der Waals surface area contributed by atoms with Gasteiger partial charge >= 0.3 is 18.0 Å². The van der Waals surface area contributed by atoms with Crippen LogP contribution in [0.15, 0.2) is 0 Å². The summed E-state index contributed by atoms with van der Waals surface area (Å²) < 4.78 is 15.3. The van der Waals surface area contributed by atoms with Crippen LogP contribution in [0.5, 0.6) is 0 Å². The van der Waals surface area contributed by atoms with E-state index in [0.29, 0.717) is 5.56 Å². The fraction of sp³-hybridized carbons (Fsp3) is 0.562. The highest BCUT2D eigenvalue weighted by atomic mass is 79.9. The van der Waals surface area contributed by atoms with Crippen LogP contribution in [0.25, 0.3) is 0 Å². The van der Waals surface area contributed by atoms with Crippen molar-refractivity contribution in [3.63, 3.8) is 0 Å². The predicted molar refractivity (Wildman–Crippen MR) is 98.7 cm³/mol. The Morgan fingerprint density at radius 3 is 2.12 bits per heavy atom. The van der Waals surface area contributed by atoms with Crippen molar-refractivity contribution in [1.82, 2.24) is 0 Å². The zero-order chi connectivity index (χ0) is 19.2. The molecule has 0 fully saturated rings. The zero-order valence-electron chi connectivity index (χ0n) is 14.9. The maximum Gasteiger partial charge on any atom is 0.412 e. The molecule has 0 aliphatic carbocycles. The normalized spacial score (nSPS) is 11.0. The minimum atomic E-state index is -0.726. The average Bonchev–Trinajstić information content (AvgIpc) is 2.84. The summed E-state index contributed by atoms with van der Waals surface area (Å²) in [7, 11) is 0. The summed E-state index contributed by atoms with van der Waals surface area (Å²) in [6, 6.07) is 0. The molecular weight excluding hydrogens is 414 g/mol. The highest BCUT2D eigenvalue weighted by Gasteiger charge is 2.30. The molecule has 9 heteroatoms. The van der Waals surface area contributed by atoms with Gasteiger partial charge < -0.3 is 14.2 Å². The third-order valence-corrected chi connectivity index (χ3v) is 4.38. The lowest BCUT2D eigenvalue weighted by molar-refractivity contribution is 0.0527. The Balaban J connectivity index is 3.31. The van der Waals surface area contributed by atoms with Crippen LogP contribution in [0.2, 0.25) is 0 Å². The second kappa shape index (κ2) is 9.19. The lowest BCUT2D eigenvalue weighted by atomic mass is 10.1.